The lowest BCUT2D eigenvalue weighted by Crippen LogP contribution is -2.06. The molecule has 0 amide bonds. The molecule has 0 spiro atoms. The summed E-state index contributed by atoms with van der Waals surface area (Å²) < 4.78 is 17.4. The van der Waals surface area contributed by atoms with E-state index in [9.17, 15) is 9.47 Å². The van der Waals surface area contributed by atoms with Crippen molar-refractivity contribution in [1.82, 2.24) is 14.4 Å². The zero-order valence-corrected chi connectivity index (χ0v) is 14.5. The van der Waals surface area contributed by atoms with Gasteiger partial charge < -0.3 is 9.38 Å². The Morgan fingerprint density at radius 1 is 1.19 bits per heavy atom. The fraction of sp³-hybridized carbons (Fsp3) is 0.0556. The third-order valence-corrected chi connectivity index (χ3v) is 5.19. The Labute approximate surface area is 151 Å². The van der Waals surface area contributed by atoms with Crippen LogP contribution in [0.1, 0.15) is 16.8 Å². The second-order valence-electron chi connectivity index (χ2n) is 5.73. The third kappa shape index (κ3) is 2.50. The summed E-state index contributed by atoms with van der Waals surface area (Å²) in [6.45, 7) is 1.93. The first-order valence-corrected chi connectivity index (χ1v) is 8.84. The van der Waals surface area contributed by atoms with E-state index in [4.69, 9.17) is 5.26 Å². The molecule has 126 valence electrons. The van der Waals surface area contributed by atoms with Gasteiger partial charge in [-0.15, -0.1) is 0 Å². The molecule has 0 bridgehead atoms. The molecule has 1 aromatic carbocycles. The van der Waals surface area contributed by atoms with E-state index in [1.165, 1.54) is 0 Å². The van der Waals surface area contributed by atoms with Crippen molar-refractivity contribution in [3.63, 3.8) is 0 Å². The number of nitrogens with zero attached hydrogens (tertiary/aromatic N) is 4. The van der Waals surface area contributed by atoms with Gasteiger partial charge in [0.15, 0.2) is 16.7 Å². The SMILES string of the molecule is Cc1ccc(NS(=O)c2ccc3nc(C#N)cn3c2)c2[nH]cc(C#N)c12. The van der Waals surface area contributed by atoms with E-state index >= 15 is 0 Å². The molecule has 0 aliphatic carbocycles. The lowest BCUT2D eigenvalue weighted by atomic mass is 10.1. The van der Waals surface area contributed by atoms with E-state index in [1.807, 2.05) is 25.1 Å². The lowest BCUT2D eigenvalue weighted by molar-refractivity contribution is 0.686. The molecule has 0 fully saturated rings. The Balaban J connectivity index is 1.72. The molecule has 0 radical (unpaired) electrons. The molecule has 1 unspecified atom stereocenters. The number of nitrogens with one attached hydrogen (secondary N) is 2. The van der Waals surface area contributed by atoms with Crippen LogP contribution in [-0.2, 0) is 11.0 Å². The van der Waals surface area contributed by atoms with Crippen LogP contribution in [-0.4, -0.2) is 18.6 Å². The molecule has 0 aliphatic heterocycles. The first-order valence-electron chi connectivity index (χ1n) is 7.69. The molecule has 1 atom stereocenters. The van der Waals surface area contributed by atoms with E-state index in [-0.39, 0.29) is 0 Å². The molecule has 3 aromatic heterocycles. The number of hydrogen-bond acceptors (Lipinski definition) is 4. The number of nitriles is 2. The average molecular weight is 360 g/mol. The fourth-order valence-electron chi connectivity index (χ4n) is 2.89. The minimum Gasteiger partial charge on any atom is -0.358 e. The van der Waals surface area contributed by atoms with Crippen LogP contribution < -0.4 is 4.72 Å². The largest absolute Gasteiger partial charge is 0.358 e. The van der Waals surface area contributed by atoms with Crippen molar-refractivity contribution in [2.75, 3.05) is 4.72 Å². The maximum Gasteiger partial charge on any atom is 0.159 e. The maximum atomic E-state index is 12.8. The smallest absolute Gasteiger partial charge is 0.159 e. The molecule has 26 heavy (non-hydrogen) atoms. The van der Waals surface area contributed by atoms with Gasteiger partial charge in [-0.2, -0.15) is 10.5 Å². The zero-order valence-electron chi connectivity index (χ0n) is 13.6. The van der Waals surface area contributed by atoms with Gasteiger partial charge in [0.1, 0.15) is 17.8 Å². The molecule has 7 nitrogen and oxygen atoms in total. The van der Waals surface area contributed by atoms with Gasteiger partial charge in [-0.25, -0.2) is 9.19 Å². The van der Waals surface area contributed by atoms with Gasteiger partial charge in [0.25, 0.3) is 0 Å². The normalized spacial score (nSPS) is 12.0. The molecule has 8 heteroatoms. The Morgan fingerprint density at radius 2 is 2.04 bits per heavy atom. The molecule has 3 heterocycles. The Kier molecular flexibility index (Phi) is 3.68. The van der Waals surface area contributed by atoms with Gasteiger partial charge in [0, 0.05) is 24.0 Å². The highest BCUT2D eigenvalue weighted by atomic mass is 32.2. The summed E-state index contributed by atoms with van der Waals surface area (Å²) >= 11 is 0. The molecule has 4 aromatic rings. The van der Waals surface area contributed by atoms with Crippen LogP contribution in [0, 0.1) is 29.6 Å². The van der Waals surface area contributed by atoms with Gasteiger partial charge in [-0.05, 0) is 30.7 Å². The Morgan fingerprint density at radius 3 is 2.81 bits per heavy atom. The maximum absolute atomic E-state index is 12.8. The van der Waals surface area contributed by atoms with E-state index < -0.39 is 11.0 Å². The van der Waals surface area contributed by atoms with Crippen molar-refractivity contribution in [2.45, 2.75) is 11.8 Å². The van der Waals surface area contributed by atoms with Crippen LogP contribution in [0.3, 0.4) is 0 Å². The zero-order chi connectivity index (χ0) is 18.3. The summed E-state index contributed by atoms with van der Waals surface area (Å²) in [5.41, 5.74) is 3.83. The summed E-state index contributed by atoms with van der Waals surface area (Å²) in [4.78, 5) is 7.74. The molecule has 4 rings (SSSR count). The second kappa shape index (κ2) is 6.03. The second-order valence-corrected chi connectivity index (χ2v) is 6.95. The molecule has 2 N–H and O–H groups in total. The molecule has 0 aliphatic rings. The van der Waals surface area contributed by atoms with Crippen LogP contribution in [0.5, 0.6) is 0 Å². The Bertz CT molecular complexity index is 1270. The molecule has 0 saturated heterocycles. The van der Waals surface area contributed by atoms with Crippen LogP contribution in [0.15, 0.2) is 47.8 Å². The number of imidazole rings is 1. The monoisotopic (exact) mass is 360 g/mol. The summed E-state index contributed by atoms with van der Waals surface area (Å²) in [5.74, 6) is 0. The van der Waals surface area contributed by atoms with Crippen molar-refractivity contribution < 1.29 is 4.21 Å². The minimum atomic E-state index is -1.52. The molecule has 0 saturated carbocycles. The molecular formula is C18H12N6OS. The number of H-pyrrole nitrogens is 1. The minimum absolute atomic E-state index is 0.302. The van der Waals surface area contributed by atoms with Crippen LogP contribution in [0.2, 0.25) is 0 Å². The summed E-state index contributed by atoms with van der Waals surface area (Å²) in [5, 5.41) is 19.0. The topological polar surface area (TPSA) is 110 Å². The van der Waals surface area contributed by atoms with Crippen molar-refractivity contribution in [3.05, 3.63) is 59.7 Å². The van der Waals surface area contributed by atoms with Crippen molar-refractivity contribution >= 4 is 33.2 Å². The average Bonchev–Trinajstić information content (AvgIpc) is 3.27. The first-order chi connectivity index (χ1) is 12.6. The standard InChI is InChI=1S/C18H12N6OS/c1-11-2-4-15(18-17(11)12(6-19)8-21-18)23-26(25)14-3-5-16-22-13(7-20)9-24(16)10-14/h2-5,8-10,21,23H,1H3. The van der Waals surface area contributed by atoms with E-state index in [0.29, 0.717) is 27.5 Å². The van der Waals surface area contributed by atoms with Gasteiger partial charge in [-0.3, -0.25) is 4.72 Å². The quantitative estimate of drug-likeness (QED) is 0.585. The van der Waals surface area contributed by atoms with Gasteiger partial charge in [0.05, 0.1) is 21.7 Å². The highest BCUT2D eigenvalue weighted by Crippen LogP contribution is 2.29. The van der Waals surface area contributed by atoms with E-state index in [1.54, 1.807) is 35.1 Å². The number of rotatable bonds is 3. The predicted molar refractivity (Wildman–Crippen MR) is 97.7 cm³/mol. The highest BCUT2D eigenvalue weighted by molar-refractivity contribution is 7.86. The van der Waals surface area contributed by atoms with Crippen molar-refractivity contribution in [1.29, 1.82) is 10.5 Å². The van der Waals surface area contributed by atoms with Crippen LogP contribution in [0.25, 0.3) is 16.6 Å². The van der Waals surface area contributed by atoms with Gasteiger partial charge in [0.2, 0.25) is 0 Å². The van der Waals surface area contributed by atoms with Crippen molar-refractivity contribution in [2.24, 2.45) is 0 Å². The predicted octanol–water partition coefficient (Wildman–Crippen LogP) is 3.00. The number of aromatic amines is 1. The summed E-state index contributed by atoms with van der Waals surface area (Å²) in [7, 11) is -1.52. The molecular weight excluding hydrogens is 348 g/mol. The van der Waals surface area contributed by atoms with Crippen LogP contribution in [0.4, 0.5) is 5.69 Å². The van der Waals surface area contributed by atoms with Crippen LogP contribution >= 0.6 is 0 Å². The number of aryl methyl sites for hydroxylation is 1. The summed E-state index contributed by atoms with van der Waals surface area (Å²) in [6.07, 6.45) is 4.91. The van der Waals surface area contributed by atoms with Crippen molar-refractivity contribution in [3.8, 4) is 12.1 Å². The number of pyridine rings is 1. The third-order valence-electron chi connectivity index (χ3n) is 4.12. The number of benzene rings is 1. The highest BCUT2D eigenvalue weighted by Gasteiger charge is 2.13. The first kappa shape index (κ1) is 15.9. The number of hydrogen-bond donors (Lipinski definition) is 2. The van der Waals surface area contributed by atoms with E-state index in [0.717, 1.165) is 16.5 Å². The number of anilines is 1. The summed E-state index contributed by atoms with van der Waals surface area (Å²) in [6, 6.07) is 11.3. The van der Waals surface area contributed by atoms with Gasteiger partial charge in [-0.1, -0.05) is 6.07 Å². The number of aromatic nitrogens is 3. The van der Waals surface area contributed by atoms with Gasteiger partial charge >= 0.3 is 0 Å². The number of fused-ring (bicyclic) bond motifs is 2. The fourth-order valence-corrected chi connectivity index (χ4v) is 3.78. The van der Waals surface area contributed by atoms with E-state index in [2.05, 4.69) is 20.8 Å². The lowest BCUT2D eigenvalue weighted by Gasteiger charge is -2.09. The Hall–Kier alpha value is -3.62.